The Morgan fingerprint density at radius 1 is 1.53 bits per heavy atom. The molecule has 0 unspecified atom stereocenters. The lowest BCUT2D eigenvalue weighted by Gasteiger charge is -2.02. The lowest BCUT2D eigenvalue weighted by Crippen LogP contribution is -2.22. The Hall–Kier alpha value is -1.37. The van der Waals surface area contributed by atoms with E-state index in [0.29, 0.717) is 6.54 Å². The first kappa shape index (κ1) is 11.7. The fourth-order valence-corrected chi connectivity index (χ4v) is 1.32. The van der Waals surface area contributed by atoms with E-state index in [0.717, 1.165) is 24.8 Å². The fraction of sp³-hybridized carbons (Fsp3) is 0.500. The average molecular weight is 229 g/mol. The summed E-state index contributed by atoms with van der Waals surface area (Å²) in [5.74, 6) is 0.733. The van der Waals surface area contributed by atoms with E-state index in [4.69, 9.17) is 0 Å². The van der Waals surface area contributed by atoms with Gasteiger partial charge < -0.3 is 0 Å². The van der Waals surface area contributed by atoms with Crippen LogP contribution in [0.5, 0.6) is 0 Å². The van der Waals surface area contributed by atoms with Crippen molar-refractivity contribution in [3.05, 3.63) is 33.0 Å². The molecule has 1 rings (SSSR count). The maximum Gasteiger partial charge on any atom is 0.347 e. The zero-order valence-electron chi connectivity index (χ0n) is 8.00. The molecule has 0 aromatic carbocycles. The summed E-state index contributed by atoms with van der Waals surface area (Å²) in [4.78, 5) is 24.5. The van der Waals surface area contributed by atoms with Gasteiger partial charge in [-0.2, -0.15) is 17.6 Å². The molecule has 0 saturated heterocycles. The Labute approximate surface area is 91.5 Å². The predicted octanol–water partition coefficient (Wildman–Crippen LogP) is 0.861. The molecule has 6 nitrogen and oxygen atoms in total. The van der Waals surface area contributed by atoms with Gasteiger partial charge in [0.25, 0.3) is 0 Å². The third kappa shape index (κ3) is 3.35. The highest BCUT2D eigenvalue weighted by Gasteiger charge is 2.08. The van der Waals surface area contributed by atoms with E-state index in [2.05, 4.69) is 17.6 Å². The molecule has 0 aliphatic rings. The molecule has 15 heavy (non-hydrogen) atoms. The topological polar surface area (TPSA) is 78.0 Å². The minimum absolute atomic E-state index is 0.166. The lowest BCUT2D eigenvalue weighted by molar-refractivity contribution is -0.385. The van der Waals surface area contributed by atoms with Crippen LogP contribution in [0, 0.1) is 10.1 Å². The number of rotatable bonds is 5. The van der Waals surface area contributed by atoms with Gasteiger partial charge in [0, 0.05) is 6.54 Å². The Morgan fingerprint density at radius 2 is 2.27 bits per heavy atom. The zero-order chi connectivity index (χ0) is 11.3. The summed E-state index contributed by atoms with van der Waals surface area (Å²) in [6.45, 7) is 0.439. The molecule has 82 valence electrons. The second-order valence-electron chi connectivity index (χ2n) is 2.98. The van der Waals surface area contributed by atoms with E-state index in [9.17, 15) is 14.9 Å². The normalized spacial score (nSPS) is 10.2. The smallest absolute Gasteiger partial charge is 0.292 e. The molecule has 0 amide bonds. The van der Waals surface area contributed by atoms with Gasteiger partial charge in [-0.15, -0.1) is 0 Å². The van der Waals surface area contributed by atoms with Gasteiger partial charge in [0.05, 0.1) is 11.1 Å². The summed E-state index contributed by atoms with van der Waals surface area (Å²) >= 11 is 4.03. The molecule has 0 N–H and O–H groups in total. The highest BCUT2D eigenvalue weighted by atomic mass is 32.1. The standard InChI is InChI=1S/C8H11N3O3S/c12-8-9-5-7(11(13)14)6-10(8)3-1-2-4-15/h5-6,15H,1-4H2. The molecule has 0 spiro atoms. The first-order chi connectivity index (χ1) is 7.15. The summed E-state index contributed by atoms with van der Waals surface area (Å²) in [7, 11) is 0. The maximum absolute atomic E-state index is 11.2. The van der Waals surface area contributed by atoms with Crippen molar-refractivity contribution in [3.63, 3.8) is 0 Å². The molecule has 0 saturated carbocycles. The van der Waals surface area contributed by atoms with Crippen molar-refractivity contribution in [3.8, 4) is 0 Å². The second-order valence-corrected chi connectivity index (χ2v) is 3.42. The SMILES string of the molecule is O=c1ncc([N+](=O)[O-])cn1CCCCS. The van der Waals surface area contributed by atoms with Gasteiger partial charge >= 0.3 is 11.4 Å². The number of aryl methyl sites for hydroxylation is 1. The molecule has 1 heterocycles. The average Bonchev–Trinajstić information content (AvgIpc) is 2.20. The first-order valence-electron chi connectivity index (χ1n) is 4.47. The minimum Gasteiger partial charge on any atom is -0.292 e. The number of thiol groups is 1. The van der Waals surface area contributed by atoms with E-state index in [1.807, 2.05) is 0 Å². The third-order valence-electron chi connectivity index (χ3n) is 1.86. The maximum atomic E-state index is 11.2. The molecule has 0 aliphatic heterocycles. The number of hydrogen-bond acceptors (Lipinski definition) is 5. The number of nitrogens with zero attached hydrogens (tertiary/aromatic N) is 3. The quantitative estimate of drug-likeness (QED) is 0.351. The zero-order valence-corrected chi connectivity index (χ0v) is 8.89. The minimum atomic E-state index is -0.568. The van der Waals surface area contributed by atoms with Crippen molar-refractivity contribution in [1.29, 1.82) is 0 Å². The van der Waals surface area contributed by atoms with Crippen molar-refractivity contribution in [2.24, 2.45) is 0 Å². The van der Waals surface area contributed by atoms with Crippen LogP contribution in [0.15, 0.2) is 17.2 Å². The van der Waals surface area contributed by atoms with Crippen molar-refractivity contribution in [2.45, 2.75) is 19.4 Å². The molecule has 1 aromatic rings. The molecule has 0 radical (unpaired) electrons. The van der Waals surface area contributed by atoms with Crippen LogP contribution >= 0.6 is 12.6 Å². The third-order valence-corrected chi connectivity index (χ3v) is 2.18. The number of nitro groups is 1. The highest BCUT2D eigenvalue weighted by molar-refractivity contribution is 7.80. The summed E-state index contributed by atoms with van der Waals surface area (Å²) in [6, 6.07) is 0. The van der Waals surface area contributed by atoms with Crippen LogP contribution in [0.3, 0.4) is 0 Å². The number of hydrogen-bond donors (Lipinski definition) is 1. The van der Waals surface area contributed by atoms with E-state index >= 15 is 0 Å². The van der Waals surface area contributed by atoms with E-state index in [1.54, 1.807) is 0 Å². The molecule has 7 heteroatoms. The molecule has 0 aliphatic carbocycles. The van der Waals surface area contributed by atoms with Gasteiger partial charge in [-0.1, -0.05) is 0 Å². The van der Waals surface area contributed by atoms with Gasteiger partial charge in [0.15, 0.2) is 0 Å². The summed E-state index contributed by atoms with van der Waals surface area (Å²) in [5, 5.41) is 10.4. The van der Waals surface area contributed by atoms with Crippen molar-refractivity contribution >= 4 is 18.3 Å². The van der Waals surface area contributed by atoms with E-state index in [-0.39, 0.29) is 5.69 Å². The van der Waals surface area contributed by atoms with Gasteiger partial charge in [-0.3, -0.25) is 14.7 Å². The molecular formula is C8H11N3O3S. The number of unbranched alkanes of at least 4 members (excludes halogenated alkanes) is 1. The van der Waals surface area contributed by atoms with Gasteiger partial charge in [-0.05, 0) is 18.6 Å². The largest absolute Gasteiger partial charge is 0.347 e. The van der Waals surface area contributed by atoms with Gasteiger partial charge in [-0.25, -0.2) is 4.79 Å². The Kier molecular flexibility index (Phi) is 4.29. The Morgan fingerprint density at radius 3 is 2.87 bits per heavy atom. The van der Waals surface area contributed by atoms with Crippen LogP contribution in [0.25, 0.3) is 0 Å². The Bertz CT molecular complexity index is 404. The molecule has 1 aromatic heterocycles. The van der Waals surface area contributed by atoms with E-state index in [1.165, 1.54) is 10.8 Å². The first-order valence-corrected chi connectivity index (χ1v) is 5.10. The van der Waals surface area contributed by atoms with Crippen LogP contribution in [0.1, 0.15) is 12.8 Å². The molecule has 0 fully saturated rings. The molecule has 0 bridgehead atoms. The summed E-state index contributed by atoms with van der Waals surface area (Å²) in [5.41, 5.74) is -0.625. The second kappa shape index (κ2) is 5.50. The van der Waals surface area contributed by atoms with Gasteiger partial charge in [0.1, 0.15) is 6.20 Å². The number of aromatic nitrogens is 2. The summed E-state index contributed by atoms with van der Waals surface area (Å²) in [6.07, 6.45) is 3.80. The van der Waals surface area contributed by atoms with Crippen LogP contribution < -0.4 is 5.69 Å². The van der Waals surface area contributed by atoms with E-state index < -0.39 is 10.6 Å². The van der Waals surface area contributed by atoms with Crippen molar-refractivity contribution in [1.82, 2.24) is 9.55 Å². The van der Waals surface area contributed by atoms with Crippen LogP contribution in [-0.4, -0.2) is 20.2 Å². The van der Waals surface area contributed by atoms with Crippen LogP contribution in [0.2, 0.25) is 0 Å². The molecule has 0 atom stereocenters. The monoisotopic (exact) mass is 229 g/mol. The fourth-order valence-electron chi connectivity index (χ4n) is 1.09. The van der Waals surface area contributed by atoms with Crippen LogP contribution in [0.4, 0.5) is 5.69 Å². The Balaban J connectivity index is 2.81. The molecular weight excluding hydrogens is 218 g/mol. The lowest BCUT2D eigenvalue weighted by atomic mass is 10.3. The van der Waals surface area contributed by atoms with Crippen molar-refractivity contribution in [2.75, 3.05) is 5.75 Å². The highest BCUT2D eigenvalue weighted by Crippen LogP contribution is 2.05. The van der Waals surface area contributed by atoms with Crippen molar-refractivity contribution < 1.29 is 4.92 Å². The predicted molar refractivity (Wildman–Crippen MR) is 58.2 cm³/mol. The summed E-state index contributed by atoms with van der Waals surface area (Å²) < 4.78 is 1.25. The van der Waals surface area contributed by atoms with Gasteiger partial charge in [0.2, 0.25) is 0 Å². The van der Waals surface area contributed by atoms with Crippen LogP contribution in [-0.2, 0) is 6.54 Å².